The summed E-state index contributed by atoms with van der Waals surface area (Å²) in [6.07, 6.45) is 11.8. The Labute approximate surface area is 75.1 Å². The first-order valence-electron chi connectivity index (χ1n) is 4.43. The van der Waals surface area contributed by atoms with Crippen LogP contribution in [0.2, 0.25) is 0 Å². The maximum Gasteiger partial charge on any atom is 0.0755 e. The molecule has 1 N–H and O–H groups in total. The van der Waals surface area contributed by atoms with Crippen LogP contribution in [0.4, 0.5) is 0 Å². The van der Waals surface area contributed by atoms with E-state index in [2.05, 4.69) is 13.5 Å². The van der Waals surface area contributed by atoms with Gasteiger partial charge in [-0.25, -0.2) is 0 Å². The molecule has 0 fully saturated rings. The first-order valence-corrected chi connectivity index (χ1v) is 4.43. The fourth-order valence-corrected chi connectivity index (χ4v) is 0.813. The third-order valence-electron chi connectivity index (χ3n) is 1.46. The quantitative estimate of drug-likeness (QED) is 0.475. The van der Waals surface area contributed by atoms with Gasteiger partial charge in [-0.3, -0.25) is 0 Å². The molecular weight excluding hydrogens is 148 g/mol. The Morgan fingerprint density at radius 3 is 2.75 bits per heavy atom. The Morgan fingerprint density at radius 2 is 2.17 bits per heavy atom. The Kier molecular flexibility index (Phi) is 7.71. The van der Waals surface area contributed by atoms with E-state index in [1.165, 1.54) is 0 Å². The fourth-order valence-electron chi connectivity index (χ4n) is 0.813. The first-order chi connectivity index (χ1) is 5.81. The molecule has 0 saturated carbocycles. The minimum Gasteiger partial charge on any atom is -0.389 e. The number of hydrogen-bond donors (Lipinski definition) is 1. The number of rotatable bonds is 6. The molecule has 1 atom stereocenters. The van der Waals surface area contributed by atoms with Crippen LogP contribution in [-0.2, 0) is 0 Å². The molecule has 0 radical (unpaired) electrons. The van der Waals surface area contributed by atoms with E-state index in [-0.39, 0.29) is 6.10 Å². The fraction of sp³-hybridized carbons (Fsp3) is 0.455. The second-order valence-corrected chi connectivity index (χ2v) is 2.68. The second kappa shape index (κ2) is 8.28. The van der Waals surface area contributed by atoms with E-state index in [1.54, 1.807) is 6.08 Å². The molecule has 0 aromatic carbocycles. The molecule has 0 aliphatic heterocycles. The summed E-state index contributed by atoms with van der Waals surface area (Å²) < 4.78 is 0. The van der Waals surface area contributed by atoms with Gasteiger partial charge in [-0.2, -0.15) is 0 Å². The van der Waals surface area contributed by atoms with Crippen molar-refractivity contribution in [3.63, 3.8) is 0 Å². The monoisotopic (exact) mass is 166 g/mol. The maximum absolute atomic E-state index is 9.33. The van der Waals surface area contributed by atoms with Crippen LogP contribution in [0, 0.1) is 0 Å². The van der Waals surface area contributed by atoms with Crippen molar-refractivity contribution in [1.82, 2.24) is 0 Å². The second-order valence-electron chi connectivity index (χ2n) is 2.68. The third kappa shape index (κ3) is 7.29. The molecule has 0 aromatic rings. The predicted octanol–water partition coefficient (Wildman–Crippen LogP) is 2.84. The summed E-state index contributed by atoms with van der Waals surface area (Å²) in [6.45, 7) is 5.67. The van der Waals surface area contributed by atoms with Gasteiger partial charge in [0.15, 0.2) is 0 Å². The van der Waals surface area contributed by atoms with Gasteiger partial charge in [0.1, 0.15) is 0 Å². The van der Waals surface area contributed by atoms with Gasteiger partial charge in [0.2, 0.25) is 0 Å². The zero-order valence-corrected chi connectivity index (χ0v) is 7.74. The SMILES string of the molecule is C=CC=CCC(O)C=CCCC. The highest BCUT2D eigenvalue weighted by molar-refractivity contribution is 5.00. The normalized spacial score (nSPS) is 14.2. The summed E-state index contributed by atoms with van der Waals surface area (Å²) in [7, 11) is 0. The summed E-state index contributed by atoms with van der Waals surface area (Å²) in [5.41, 5.74) is 0. The number of allylic oxidation sites excluding steroid dienone is 3. The van der Waals surface area contributed by atoms with E-state index in [0.29, 0.717) is 6.42 Å². The van der Waals surface area contributed by atoms with Gasteiger partial charge >= 0.3 is 0 Å². The maximum atomic E-state index is 9.33. The van der Waals surface area contributed by atoms with Crippen LogP contribution in [0.25, 0.3) is 0 Å². The summed E-state index contributed by atoms with van der Waals surface area (Å²) in [6, 6.07) is 0. The standard InChI is InChI=1S/C11H18O/c1-3-5-7-9-11(12)10-8-6-4-2/h3,5,7-8,10-12H,1,4,6,9H2,2H3. The van der Waals surface area contributed by atoms with Gasteiger partial charge in [-0.05, 0) is 12.8 Å². The lowest BCUT2D eigenvalue weighted by atomic mass is 10.2. The smallest absolute Gasteiger partial charge is 0.0755 e. The van der Waals surface area contributed by atoms with Crippen LogP contribution in [0.15, 0.2) is 37.0 Å². The minimum atomic E-state index is -0.340. The molecule has 1 unspecified atom stereocenters. The van der Waals surface area contributed by atoms with Crippen LogP contribution in [-0.4, -0.2) is 11.2 Å². The number of unbranched alkanes of at least 4 members (excludes halogenated alkanes) is 1. The molecule has 0 bridgehead atoms. The van der Waals surface area contributed by atoms with Gasteiger partial charge in [0, 0.05) is 0 Å². The predicted molar refractivity (Wildman–Crippen MR) is 54.0 cm³/mol. The van der Waals surface area contributed by atoms with Gasteiger partial charge in [0.05, 0.1) is 6.10 Å². The molecule has 12 heavy (non-hydrogen) atoms. The first kappa shape index (κ1) is 11.2. The van der Waals surface area contributed by atoms with E-state index >= 15 is 0 Å². The number of hydrogen-bond acceptors (Lipinski definition) is 1. The molecule has 0 rings (SSSR count). The Hall–Kier alpha value is -0.820. The van der Waals surface area contributed by atoms with Gasteiger partial charge in [-0.15, -0.1) is 0 Å². The zero-order valence-electron chi connectivity index (χ0n) is 7.74. The van der Waals surface area contributed by atoms with Crippen molar-refractivity contribution in [3.8, 4) is 0 Å². The molecule has 0 amide bonds. The Bertz CT molecular complexity index is 156. The molecule has 68 valence electrons. The summed E-state index contributed by atoms with van der Waals surface area (Å²) in [5, 5.41) is 9.33. The van der Waals surface area contributed by atoms with Gasteiger partial charge < -0.3 is 5.11 Å². The van der Waals surface area contributed by atoms with Gasteiger partial charge in [-0.1, -0.05) is 50.3 Å². The zero-order chi connectivity index (χ0) is 9.23. The largest absolute Gasteiger partial charge is 0.389 e. The van der Waals surface area contributed by atoms with E-state index in [9.17, 15) is 5.11 Å². The van der Waals surface area contributed by atoms with Crippen LogP contribution in [0.3, 0.4) is 0 Å². The summed E-state index contributed by atoms with van der Waals surface area (Å²) in [5.74, 6) is 0. The van der Waals surface area contributed by atoms with Crippen molar-refractivity contribution in [2.24, 2.45) is 0 Å². The highest BCUT2D eigenvalue weighted by Crippen LogP contribution is 1.97. The summed E-state index contributed by atoms with van der Waals surface area (Å²) >= 11 is 0. The van der Waals surface area contributed by atoms with Crippen molar-refractivity contribution in [2.75, 3.05) is 0 Å². The van der Waals surface area contributed by atoms with Crippen LogP contribution < -0.4 is 0 Å². The average molecular weight is 166 g/mol. The molecule has 0 saturated heterocycles. The lowest BCUT2D eigenvalue weighted by Gasteiger charge is -1.98. The van der Waals surface area contributed by atoms with Crippen LogP contribution in [0.5, 0.6) is 0 Å². The topological polar surface area (TPSA) is 20.2 Å². The lowest BCUT2D eigenvalue weighted by Crippen LogP contribution is -1.98. The molecule has 0 aliphatic rings. The number of aliphatic hydroxyl groups excluding tert-OH is 1. The van der Waals surface area contributed by atoms with E-state index in [1.807, 2.05) is 24.3 Å². The summed E-state index contributed by atoms with van der Waals surface area (Å²) in [4.78, 5) is 0. The highest BCUT2D eigenvalue weighted by Gasteiger charge is 1.92. The van der Waals surface area contributed by atoms with Crippen molar-refractivity contribution in [1.29, 1.82) is 0 Å². The van der Waals surface area contributed by atoms with Crippen molar-refractivity contribution >= 4 is 0 Å². The van der Waals surface area contributed by atoms with E-state index in [4.69, 9.17) is 0 Å². The third-order valence-corrected chi connectivity index (χ3v) is 1.46. The molecule has 0 aliphatic carbocycles. The minimum absolute atomic E-state index is 0.340. The van der Waals surface area contributed by atoms with Crippen molar-refractivity contribution < 1.29 is 5.11 Å². The molecular formula is C11H18O. The van der Waals surface area contributed by atoms with Crippen molar-refractivity contribution in [2.45, 2.75) is 32.3 Å². The van der Waals surface area contributed by atoms with E-state index < -0.39 is 0 Å². The number of aliphatic hydroxyl groups is 1. The van der Waals surface area contributed by atoms with E-state index in [0.717, 1.165) is 12.8 Å². The molecule has 1 heteroatoms. The van der Waals surface area contributed by atoms with Crippen LogP contribution >= 0.6 is 0 Å². The Morgan fingerprint density at radius 1 is 1.42 bits per heavy atom. The van der Waals surface area contributed by atoms with Crippen molar-refractivity contribution in [3.05, 3.63) is 37.0 Å². The molecule has 0 spiro atoms. The molecule has 1 nitrogen and oxygen atoms in total. The van der Waals surface area contributed by atoms with Crippen LogP contribution in [0.1, 0.15) is 26.2 Å². The van der Waals surface area contributed by atoms with Gasteiger partial charge in [0.25, 0.3) is 0 Å². The lowest BCUT2D eigenvalue weighted by molar-refractivity contribution is 0.226. The average Bonchev–Trinajstić information content (AvgIpc) is 2.06. The highest BCUT2D eigenvalue weighted by atomic mass is 16.3. The molecule has 0 heterocycles. The molecule has 0 aromatic heterocycles. The Balaban J connectivity index is 3.50.